The third-order valence-electron chi connectivity index (χ3n) is 1.45. The SMILES string of the molecule is FCCNc1ccc(F)c(F)c1F. The van der Waals surface area contributed by atoms with Crippen LogP contribution in [0.5, 0.6) is 0 Å². The Balaban J connectivity index is 2.90. The second-order valence-corrected chi connectivity index (χ2v) is 2.34. The van der Waals surface area contributed by atoms with Crippen LogP contribution in [0.4, 0.5) is 23.2 Å². The zero-order valence-corrected chi connectivity index (χ0v) is 6.58. The van der Waals surface area contributed by atoms with Crippen molar-refractivity contribution >= 4 is 5.69 Å². The van der Waals surface area contributed by atoms with E-state index in [4.69, 9.17) is 0 Å². The molecule has 0 aromatic heterocycles. The van der Waals surface area contributed by atoms with Crippen LogP contribution in [0.3, 0.4) is 0 Å². The quantitative estimate of drug-likeness (QED) is 0.574. The molecule has 0 fully saturated rings. The lowest BCUT2D eigenvalue weighted by molar-refractivity contribution is 0.448. The van der Waals surface area contributed by atoms with E-state index in [2.05, 4.69) is 5.32 Å². The lowest BCUT2D eigenvalue weighted by Gasteiger charge is -2.05. The van der Waals surface area contributed by atoms with Crippen LogP contribution in [-0.4, -0.2) is 13.2 Å². The first-order chi connectivity index (χ1) is 6.16. The number of benzene rings is 1. The molecule has 1 N–H and O–H groups in total. The third-order valence-corrected chi connectivity index (χ3v) is 1.45. The molecular formula is C8H7F4N. The van der Waals surface area contributed by atoms with E-state index < -0.39 is 24.1 Å². The van der Waals surface area contributed by atoms with Gasteiger partial charge in [-0.3, -0.25) is 0 Å². The second kappa shape index (κ2) is 4.11. The van der Waals surface area contributed by atoms with E-state index >= 15 is 0 Å². The number of alkyl halides is 1. The molecule has 0 aliphatic rings. The van der Waals surface area contributed by atoms with Gasteiger partial charge in [0.2, 0.25) is 0 Å². The zero-order valence-electron chi connectivity index (χ0n) is 6.58. The van der Waals surface area contributed by atoms with Gasteiger partial charge in [0, 0.05) is 6.54 Å². The highest BCUT2D eigenvalue weighted by Gasteiger charge is 2.12. The van der Waals surface area contributed by atoms with Crippen molar-refractivity contribution in [3.8, 4) is 0 Å². The summed E-state index contributed by atoms with van der Waals surface area (Å²) in [6, 6.07) is 1.79. The average molecular weight is 193 g/mol. The van der Waals surface area contributed by atoms with Crippen molar-refractivity contribution in [2.75, 3.05) is 18.5 Å². The van der Waals surface area contributed by atoms with Crippen molar-refractivity contribution in [3.63, 3.8) is 0 Å². The van der Waals surface area contributed by atoms with E-state index in [1.807, 2.05) is 0 Å². The summed E-state index contributed by atoms with van der Waals surface area (Å²) in [6.07, 6.45) is 0. The van der Waals surface area contributed by atoms with Gasteiger partial charge in [-0.1, -0.05) is 0 Å². The monoisotopic (exact) mass is 193 g/mol. The highest BCUT2D eigenvalue weighted by molar-refractivity contribution is 5.45. The van der Waals surface area contributed by atoms with Gasteiger partial charge in [-0.2, -0.15) is 0 Å². The standard InChI is InChI=1S/C8H7F4N/c9-3-4-13-6-2-1-5(10)7(11)8(6)12/h1-2,13H,3-4H2. The van der Waals surface area contributed by atoms with Gasteiger partial charge in [-0.25, -0.2) is 17.6 Å². The van der Waals surface area contributed by atoms with Crippen molar-refractivity contribution in [2.24, 2.45) is 0 Å². The van der Waals surface area contributed by atoms with Gasteiger partial charge in [0.05, 0.1) is 5.69 Å². The molecule has 0 unspecified atom stereocenters. The Morgan fingerprint density at radius 1 is 1.08 bits per heavy atom. The van der Waals surface area contributed by atoms with Crippen molar-refractivity contribution in [1.29, 1.82) is 0 Å². The molecule has 0 spiro atoms. The molecule has 13 heavy (non-hydrogen) atoms. The fraction of sp³-hybridized carbons (Fsp3) is 0.250. The van der Waals surface area contributed by atoms with E-state index in [1.165, 1.54) is 0 Å². The van der Waals surface area contributed by atoms with Gasteiger partial charge >= 0.3 is 0 Å². The van der Waals surface area contributed by atoms with Crippen molar-refractivity contribution in [2.45, 2.75) is 0 Å². The molecule has 0 bridgehead atoms. The normalized spacial score (nSPS) is 10.2. The summed E-state index contributed by atoms with van der Waals surface area (Å²) in [7, 11) is 0. The fourth-order valence-electron chi connectivity index (χ4n) is 0.844. The topological polar surface area (TPSA) is 12.0 Å². The summed E-state index contributed by atoms with van der Waals surface area (Å²) in [5.74, 6) is -4.14. The predicted octanol–water partition coefficient (Wildman–Crippen LogP) is 2.49. The van der Waals surface area contributed by atoms with E-state index in [0.717, 1.165) is 12.1 Å². The predicted molar refractivity (Wildman–Crippen MR) is 40.8 cm³/mol. The zero-order chi connectivity index (χ0) is 9.84. The van der Waals surface area contributed by atoms with Crippen LogP contribution in [0, 0.1) is 17.5 Å². The van der Waals surface area contributed by atoms with Crippen LogP contribution < -0.4 is 5.32 Å². The van der Waals surface area contributed by atoms with Gasteiger partial charge in [0.1, 0.15) is 6.67 Å². The van der Waals surface area contributed by atoms with Crippen molar-refractivity contribution in [1.82, 2.24) is 0 Å². The first-order valence-electron chi connectivity index (χ1n) is 3.60. The maximum Gasteiger partial charge on any atom is 0.196 e. The number of halogens is 4. The summed E-state index contributed by atoms with van der Waals surface area (Å²) in [5.41, 5.74) is -0.239. The molecule has 0 atom stereocenters. The summed E-state index contributed by atoms with van der Waals surface area (Å²) in [5, 5.41) is 2.27. The van der Waals surface area contributed by atoms with Gasteiger partial charge in [0.25, 0.3) is 0 Å². The molecule has 0 aliphatic carbocycles. The van der Waals surface area contributed by atoms with Gasteiger partial charge < -0.3 is 5.32 Å². The molecule has 72 valence electrons. The number of nitrogens with one attached hydrogen (secondary N) is 1. The molecule has 1 aromatic carbocycles. The molecule has 5 heteroatoms. The minimum atomic E-state index is -1.55. The molecular weight excluding hydrogens is 186 g/mol. The summed E-state index contributed by atoms with van der Waals surface area (Å²) >= 11 is 0. The lowest BCUT2D eigenvalue weighted by atomic mass is 10.3. The Morgan fingerprint density at radius 3 is 2.38 bits per heavy atom. The third kappa shape index (κ3) is 2.11. The first-order valence-corrected chi connectivity index (χ1v) is 3.60. The Kier molecular flexibility index (Phi) is 3.11. The fourth-order valence-corrected chi connectivity index (χ4v) is 0.844. The summed E-state index contributed by atoms with van der Waals surface area (Å²) < 4.78 is 49.3. The first kappa shape index (κ1) is 9.83. The van der Waals surface area contributed by atoms with E-state index in [1.54, 1.807) is 0 Å². The van der Waals surface area contributed by atoms with E-state index in [9.17, 15) is 17.6 Å². The van der Waals surface area contributed by atoms with Crippen LogP contribution in [0.15, 0.2) is 12.1 Å². The molecule has 1 nitrogen and oxygen atoms in total. The smallest absolute Gasteiger partial charge is 0.196 e. The van der Waals surface area contributed by atoms with Crippen LogP contribution >= 0.6 is 0 Å². The second-order valence-electron chi connectivity index (χ2n) is 2.34. The molecule has 0 aliphatic heterocycles. The van der Waals surface area contributed by atoms with Crippen LogP contribution in [0.25, 0.3) is 0 Å². The van der Waals surface area contributed by atoms with Crippen molar-refractivity contribution in [3.05, 3.63) is 29.6 Å². The Labute approximate surface area is 72.4 Å². The highest BCUT2D eigenvalue weighted by Crippen LogP contribution is 2.18. The van der Waals surface area contributed by atoms with E-state index in [-0.39, 0.29) is 12.2 Å². The molecule has 0 saturated carbocycles. The van der Waals surface area contributed by atoms with Crippen LogP contribution in [-0.2, 0) is 0 Å². The van der Waals surface area contributed by atoms with Crippen LogP contribution in [0.1, 0.15) is 0 Å². The molecule has 1 rings (SSSR count). The summed E-state index contributed by atoms with van der Waals surface area (Å²) in [4.78, 5) is 0. The maximum absolute atomic E-state index is 12.8. The maximum atomic E-state index is 12.8. The Bertz CT molecular complexity index is 300. The molecule has 0 saturated heterocycles. The largest absolute Gasteiger partial charge is 0.380 e. The number of anilines is 1. The molecule has 0 amide bonds. The average Bonchev–Trinajstić information content (AvgIpc) is 2.13. The highest BCUT2D eigenvalue weighted by atomic mass is 19.2. The Morgan fingerprint density at radius 2 is 1.77 bits per heavy atom. The number of rotatable bonds is 3. The van der Waals surface area contributed by atoms with Gasteiger partial charge in [-0.05, 0) is 12.1 Å². The Hall–Kier alpha value is -1.26. The van der Waals surface area contributed by atoms with Crippen molar-refractivity contribution < 1.29 is 17.6 Å². The minimum absolute atomic E-state index is 0.137. The van der Waals surface area contributed by atoms with Crippen LogP contribution in [0.2, 0.25) is 0 Å². The number of hydrogen-bond donors (Lipinski definition) is 1. The lowest BCUT2D eigenvalue weighted by Crippen LogP contribution is -2.06. The minimum Gasteiger partial charge on any atom is -0.380 e. The molecule has 0 heterocycles. The van der Waals surface area contributed by atoms with Gasteiger partial charge in [0.15, 0.2) is 17.5 Å². The van der Waals surface area contributed by atoms with E-state index in [0.29, 0.717) is 0 Å². The number of hydrogen-bond acceptors (Lipinski definition) is 1. The molecule has 1 aromatic rings. The van der Waals surface area contributed by atoms with Gasteiger partial charge in [-0.15, -0.1) is 0 Å². The molecule has 0 radical (unpaired) electrons. The summed E-state index contributed by atoms with van der Waals surface area (Å²) in [6.45, 7) is -0.847.